The lowest BCUT2D eigenvalue weighted by Gasteiger charge is -2.39. The first-order valence-corrected chi connectivity index (χ1v) is 24.4. The third-order valence-electron chi connectivity index (χ3n) is 9.70. The number of aliphatic imine (C=N–C) groups is 1. The molecule has 388 valence electrons. The van der Waals surface area contributed by atoms with E-state index in [1.807, 2.05) is 30.9 Å². The maximum absolute atomic E-state index is 13.5. The molecule has 2 aliphatic heterocycles. The Kier molecular flexibility index (Phi) is 32.6. The van der Waals surface area contributed by atoms with Gasteiger partial charge in [0, 0.05) is 49.6 Å². The van der Waals surface area contributed by atoms with E-state index in [0.29, 0.717) is 182 Å². The summed E-state index contributed by atoms with van der Waals surface area (Å²) in [5, 5.41) is 15.2. The minimum atomic E-state index is -0.883. The fourth-order valence-electron chi connectivity index (χ4n) is 6.35. The molecule has 0 saturated carbocycles. The maximum Gasteiger partial charge on any atom is 0.314 e. The van der Waals surface area contributed by atoms with Crippen LogP contribution in [0.25, 0.3) is 6.08 Å². The molecule has 0 spiro atoms. The molecule has 22 nitrogen and oxygen atoms in total. The zero-order valence-corrected chi connectivity index (χ0v) is 40.9. The number of hydrogen-bond donors (Lipinski definition) is 4. The number of amidine groups is 1. The Morgan fingerprint density at radius 1 is 0.706 bits per heavy atom. The van der Waals surface area contributed by atoms with Crippen molar-refractivity contribution in [1.82, 2.24) is 20.6 Å². The molecular weight excluding hydrogens is 913 g/mol. The minimum absolute atomic E-state index is 0.0137. The van der Waals surface area contributed by atoms with Crippen LogP contribution < -0.4 is 16.4 Å². The van der Waals surface area contributed by atoms with Crippen LogP contribution in [-0.4, -0.2) is 216 Å². The molecule has 0 unspecified atom stereocenters. The first kappa shape index (κ1) is 58.5. The number of thiophene rings is 1. The lowest BCUT2D eigenvalue weighted by Crippen LogP contribution is -2.50. The number of aliphatic carboxylic acids is 1. The standard InChI is InChI=1S/C45H76N6O16S/c1-3-8-51(67-11-7-48-45(56)47-4-2)44(55)37-31-40-39(49-41(46)32-37)33-38(68-40)30-36-34-50(35-36)42(52)5-9-57-12-14-59-16-18-61-20-22-63-24-26-65-28-29-66-27-25-64-23-21-62-19-17-60-15-13-58-10-6-43(53)54/h31,33,36H,3-30,32,34-35H2,1-2H3,(H2,46,49)(H,53,54)(H2,47,48,56). The van der Waals surface area contributed by atoms with Gasteiger partial charge in [-0.1, -0.05) is 6.92 Å². The number of carbonyl (C=O) groups excluding carboxylic acids is 3. The van der Waals surface area contributed by atoms with E-state index in [4.69, 9.17) is 63.0 Å². The number of rotatable bonds is 43. The van der Waals surface area contributed by atoms with E-state index in [2.05, 4.69) is 15.6 Å². The Labute approximate surface area is 404 Å². The van der Waals surface area contributed by atoms with E-state index in [-0.39, 0.29) is 50.4 Å². The second-order valence-electron chi connectivity index (χ2n) is 15.3. The predicted octanol–water partition coefficient (Wildman–Crippen LogP) is 2.04. The van der Waals surface area contributed by atoms with Crippen molar-refractivity contribution in [3.63, 3.8) is 0 Å². The number of fused-ring (bicyclic) bond motifs is 1. The molecular formula is C45H76N6O16S. The third-order valence-corrected chi connectivity index (χ3v) is 10.8. The molecule has 1 saturated heterocycles. The summed E-state index contributed by atoms with van der Waals surface area (Å²) in [7, 11) is 0. The van der Waals surface area contributed by atoms with E-state index >= 15 is 0 Å². The highest BCUT2D eigenvalue weighted by molar-refractivity contribution is 7.13. The monoisotopic (exact) mass is 989 g/mol. The summed E-state index contributed by atoms with van der Waals surface area (Å²) in [5.74, 6) is -0.421. The van der Waals surface area contributed by atoms with Crippen LogP contribution in [0.15, 0.2) is 16.6 Å². The van der Waals surface area contributed by atoms with Crippen LogP contribution in [0.1, 0.15) is 49.3 Å². The quantitative estimate of drug-likeness (QED) is 0.0539. The molecule has 0 bridgehead atoms. The number of urea groups is 1. The molecule has 0 radical (unpaired) electrons. The number of hydrogen-bond acceptors (Lipinski definition) is 18. The molecule has 1 aromatic heterocycles. The number of ether oxygens (including phenoxy) is 10. The number of likely N-dealkylation sites (tertiary alicyclic amines) is 1. The predicted molar refractivity (Wildman–Crippen MR) is 252 cm³/mol. The Morgan fingerprint density at radius 2 is 1.18 bits per heavy atom. The fourth-order valence-corrected chi connectivity index (χ4v) is 7.53. The normalized spacial score (nSPS) is 13.6. The van der Waals surface area contributed by atoms with E-state index in [0.717, 1.165) is 21.9 Å². The number of carboxylic acids is 1. The molecule has 1 fully saturated rings. The number of carboxylic acid groups (broad SMARTS) is 1. The number of nitrogens with zero attached hydrogens (tertiary/aromatic N) is 3. The van der Waals surface area contributed by atoms with Crippen molar-refractivity contribution in [3.8, 4) is 0 Å². The van der Waals surface area contributed by atoms with E-state index in [1.165, 1.54) is 5.06 Å². The Balaban J connectivity index is 1.08. The van der Waals surface area contributed by atoms with Gasteiger partial charge in [-0.15, -0.1) is 11.3 Å². The van der Waals surface area contributed by atoms with Crippen LogP contribution in [0.5, 0.6) is 0 Å². The Bertz CT molecular complexity index is 1610. The van der Waals surface area contributed by atoms with E-state index in [1.54, 1.807) is 11.3 Å². The molecule has 0 aromatic carbocycles. The Morgan fingerprint density at radius 3 is 1.63 bits per heavy atom. The number of carbonyl (C=O) groups is 4. The zero-order chi connectivity index (χ0) is 48.9. The van der Waals surface area contributed by atoms with Gasteiger partial charge in [0.1, 0.15) is 5.84 Å². The van der Waals surface area contributed by atoms with Gasteiger partial charge >= 0.3 is 12.0 Å². The summed E-state index contributed by atoms with van der Waals surface area (Å²) in [4.78, 5) is 62.5. The molecule has 23 heteroatoms. The average molecular weight is 989 g/mol. The molecule has 68 heavy (non-hydrogen) atoms. The summed E-state index contributed by atoms with van der Waals surface area (Å²) in [6, 6.07) is 1.73. The second kappa shape index (κ2) is 38.0. The topological polar surface area (TPSA) is 259 Å². The van der Waals surface area contributed by atoms with Gasteiger partial charge in [-0.3, -0.25) is 19.2 Å². The highest BCUT2D eigenvalue weighted by Gasteiger charge is 2.31. The van der Waals surface area contributed by atoms with Crippen molar-refractivity contribution in [2.45, 2.75) is 46.0 Å². The first-order valence-electron chi connectivity index (χ1n) is 23.6. The first-order chi connectivity index (χ1) is 33.2. The maximum atomic E-state index is 13.5. The van der Waals surface area contributed by atoms with Gasteiger partial charge in [-0.2, -0.15) is 0 Å². The minimum Gasteiger partial charge on any atom is -0.481 e. The van der Waals surface area contributed by atoms with E-state index < -0.39 is 5.97 Å². The number of nitrogens with one attached hydrogen (secondary N) is 2. The SMILES string of the molecule is CCCN(OCCNC(=O)NCC)C(=O)C1=Cc2sc(CC3CN(C(=O)CCOCCOCCOCCOCCOCCOCCOCCOCCOCCOCCC(=O)O)C3)cc2N=C(N)C1. The van der Waals surface area contributed by atoms with Gasteiger partial charge in [-0.05, 0) is 37.8 Å². The highest BCUT2D eigenvalue weighted by Crippen LogP contribution is 2.37. The van der Waals surface area contributed by atoms with Crippen LogP contribution >= 0.6 is 11.3 Å². The van der Waals surface area contributed by atoms with Crippen molar-refractivity contribution < 1.29 is 76.5 Å². The summed E-state index contributed by atoms with van der Waals surface area (Å²) in [5.41, 5.74) is 7.47. The van der Waals surface area contributed by atoms with Crippen LogP contribution in [-0.2, 0) is 73.0 Å². The molecule has 5 N–H and O–H groups in total. The van der Waals surface area contributed by atoms with Gasteiger partial charge < -0.3 is 73.7 Å². The molecule has 3 heterocycles. The van der Waals surface area contributed by atoms with Crippen molar-refractivity contribution in [1.29, 1.82) is 0 Å². The van der Waals surface area contributed by atoms with Gasteiger partial charge in [0.15, 0.2) is 0 Å². The summed E-state index contributed by atoms with van der Waals surface area (Å²) in [6.07, 6.45) is 3.84. The van der Waals surface area contributed by atoms with Crippen molar-refractivity contribution in [2.75, 3.05) is 171 Å². The smallest absolute Gasteiger partial charge is 0.314 e. The largest absolute Gasteiger partial charge is 0.481 e. The van der Waals surface area contributed by atoms with Crippen LogP contribution in [0.2, 0.25) is 0 Å². The van der Waals surface area contributed by atoms with E-state index in [9.17, 15) is 19.2 Å². The van der Waals surface area contributed by atoms with Gasteiger partial charge in [0.2, 0.25) is 5.91 Å². The molecule has 2 aliphatic rings. The van der Waals surface area contributed by atoms with Crippen LogP contribution in [0, 0.1) is 5.92 Å². The fraction of sp³-hybridized carbons (Fsp3) is 0.756. The highest BCUT2D eigenvalue weighted by atomic mass is 32.1. The number of amides is 4. The van der Waals surface area contributed by atoms with Crippen LogP contribution in [0.3, 0.4) is 0 Å². The number of nitrogens with two attached hydrogens (primary N) is 1. The molecule has 0 aliphatic carbocycles. The van der Waals surface area contributed by atoms with Crippen LogP contribution in [0.4, 0.5) is 10.5 Å². The van der Waals surface area contributed by atoms with Crippen molar-refractivity contribution in [2.24, 2.45) is 16.6 Å². The molecule has 1 aromatic rings. The van der Waals surface area contributed by atoms with Gasteiger partial charge in [0.05, 0.1) is 162 Å². The third kappa shape index (κ3) is 27.4. The second-order valence-corrected chi connectivity index (χ2v) is 16.5. The van der Waals surface area contributed by atoms with Gasteiger partial charge in [0.25, 0.3) is 5.91 Å². The average Bonchev–Trinajstić information content (AvgIpc) is 3.59. The van der Waals surface area contributed by atoms with Crippen molar-refractivity contribution in [3.05, 3.63) is 21.4 Å². The molecule has 3 rings (SSSR count). The number of hydroxylamine groups is 2. The van der Waals surface area contributed by atoms with Gasteiger partial charge in [-0.25, -0.2) is 14.9 Å². The summed E-state index contributed by atoms with van der Waals surface area (Å²) < 4.78 is 54.5. The molecule has 0 atom stereocenters. The molecule has 4 amide bonds. The summed E-state index contributed by atoms with van der Waals surface area (Å²) >= 11 is 1.58. The zero-order valence-electron chi connectivity index (χ0n) is 40.1. The Hall–Kier alpha value is -3.85. The lowest BCUT2D eigenvalue weighted by atomic mass is 9.95. The summed E-state index contributed by atoms with van der Waals surface area (Å²) in [6.45, 7) is 14.8. The van der Waals surface area contributed by atoms with Crippen molar-refractivity contribution >= 4 is 52.8 Å². The lowest BCUT2D eigenvalue weighted by molar-refractivity contribution is -0.181.